The Bertz CT molecular complexity index is 1210. The summed E-state index contributed by atoms with van der Waals surface area (Å²) in [6.07, 6.45) is 0.254. The number of halogens is 2. The molecular formula is C25H32Cl2N6O6. The predicted octanol–water partition coefficient (Wildman–Crippen LogP) is 0.765. The maximum atomic E-state index is 13.0. The van der Waals surface area contributed by atoms with Crippen LogP contribution in [0.4, 0.5) is 0 Å². The number of carbonyl (C=O) groups excluding carboxylic acids is 1. The number of nitrogens with zero attached hydrogens (tertiary/aromatic N) is 2. The molecule has 2 aromatic carbocycles. The number of carbonyl (C=O) groups is 2. The van der Waals surface area contributed by atoms with E-state index in [0.29, 0.717) is 38.0 Å². The van der Waals surface area contributed by atoms with Crippen molar-refractivity contribution < 1.29 is 30.0 Å². The van der Waals surface area contributed by atoms with E-state index in [1.54, 1.807) is 24.3 Å². The zero-order valence-electron chi connectivity index (χ0n) is 21.0. The minimum Gasteiger partial charge on any atom is -0.508 e. The lowest BCUT2D eigenvalue weighted by atomic mass is 9.96. The first kappa shape index (κ1) is 30.4. The highest BCUT2D eigenvalue weighted by atomic mass is 35.5. The largest absolute Gasteiger partial charge is 0.508 e. The number of aliphatic carboxylic acids is 1. The summed E-state index contributed by atoms with van der Waals surface area (Å²) in [5.74, 6) is 3.40. The molecule has 1 aliphatic rings. The van der Waals surface area contributed by atoms with Gasteiger partial charge in [-0.2, -0.15) is 0 Å². The number of hydrogen-bond acceptors (Lipinski definition) is 8. The third-order valence-corrected chi connectivity index (χ3v) is 6.98. The summed E-state index contributed by atoms with van der Waals surface area (Å²) in [7, 11) is 0. The molecule has 12 nitrogen and oxygen atoms in total. The molecule has 0 saturated heterocycles. The van der Waals surface area contributed by atoms with Crippen molar-refractivity contribution in [2.24, 2.45) is 10.8 Å². The lowest BCUT2D eigenvalue weighted by molar-refractivity contribution is -0.138. The molecule has 0 saturated carbocycles. The summed E-state index contributed by atoms with van der Waals surface area (Å²) in [4.78, 5) is 30.9. The topological polar surface area (TPSA) is 193 Å². The van der Waals surface area contributed by atoms with Gasteiger partial charge in [-0.3, -0.25) is 15.1 Å². The zero-order chi connectivity index (χ0) is 28.5. The molecule has 14 heteroatoms. The first-order valence-corrected chi connectivity index (χ1v) is 13.0. The fourth-order valence-electron chi connectivity index (χ4n) is 4.24. The highest BCUT2D eigenvalue weighted by Crippen LogP contribution is 2.35. The van der Waals surface area contributed by atoms with Crippen molar-refractivity contribution in [2.75, 3.05) is 32.8 Å². The third kappa shape index (κ3) is 8.18. The number of phenols is 1. The highest BCUT2D eigenvalue weighted by molar-refractivity contribution is 6.40. The Labute approximate surface area is 235 Å². The van der Waals surface area contributed by atoms with Crippen molar-refractivity contribution in [2.45, 2.75) is 31.5 Å². The van der Waals surface area contributed by atoms with Crippen LogP contribution in [-0.2, 0) is 17.8 Å². The number of aliphatic imine (C=N–C) groups is 1. The van der Waals surface area contributed by atoms with Crippen LogP contribution in [0, 0.1) is 0 Å². The van der Waals surface area contributed by atoms with Gasteiger partial charge < -0.3 is 31.1 Å². The molecule has 1 aliphatic heterocycles. The SMILES string of the molecule is NNC(=NC[C@H](NC(=O)c1c(Cl)cc2c(c1Cl)CCN(CCC(O)c1cccc(O)c1)C2)C(=O)O)NCCO. The van der Waals surface area contributed by atoms with E-state index in [-0.39, 0.29) is 47.0 Å². The molecule has 9 N–H and O–H groups in total. The first-order valence-electron chi connectivity index (χ1n) is 12.2. The summed E-state index contributed by atoms with van der Waals surface area (Å²) in [5, 5.41) is 43.9. The van der Waals surface area contributed by atoms with E-state index >= 15 is 0 Å². The molecule has 1 unspecified atom stereocenters. The van der Waals surface area contributed by atoms with Gasteiger partial charge in [0.15, 0.2) is 0 Å². The van der Waals surface area contributed by atoms with Crippen LogP contribution in [-0.4, -0.2) is 82.0 Å². The lowest BCUT2D eigenvalue weighted by Gasteiger charge is -2.31. The van der Waals surface area contributed by atoms with E-state index in [4.69, 9.17) is 34.2 Å². The van der Waals surface area contributed by atoms with E-state index in [2.05, 4.69) is 26.0 Å². The van der Waals surface area contributed by atoms with Gasteiger partial charge in [-0.15, -0.1) is 0 Å². The Morgan fingerprint density at radius 1 is 1.23 bits per heavy atom. The van der Waals surface area contributed by atoms with Gasteiger partial charge in [0, 0.05) is 26.2 Å². The Morgan fingerprint density at radius 3 is 2.67 bits per heavy atom. The first-order chi connectivity index (χ1) is 18.6. The molecule has 39 heavy (non-hydrogen) atoms. The number of aliphatic hydroxyl groups is 2. The lowest BCUT2D eigenvalue weighted by Crippen LogP contribution is -2.46. The van der Waals surface area contributed by atoms with E-state index in [1.807, 2.05) is 0 Å². The Hall–Kier alpha value is -3.13. The number of benzene rings is 2. The van der Waals surface area contributed by atoms with Crippen LogP contribution in [0.5, 0.6) is 5.75 Å². The number of nitrogens with one attached hydrogen (secondary N) is 3. The van der Waals surface area contributed by atoms with Crippen molar-refractivity contribution in [3.63, 3.8) is 0 Å². The molecular weight excluding hydrogens is 551 g/mol. The Morgan fingerprint density at radius 2 is 2.00 bits per heavy atom. The summed E-state index contributed by atoms with van der Waals surface area (Å²) in [6, 6.07) is 6.77. The number of amides is 1. The number of aromatic hydroxyl groups is 1. The number of hydrogen-bond donors (Lipinski definition) is 8. The smallest absolute Gasteiger partial charge is 0.328 e. The number of rotatable bonds is 11. The molecule has 0 fully saturated rings. The Balaban J connectivity index is 1.68. The van der Waals surface area contributed by atoms with Gasteiger partial charge in [-0.1, -0.05) is 35.3 Å². The van der Waals surface area contributed by atoms with Crippen LogP contribution in [0.15, 0.2) is 35.3 Å². The highest BCUT2D eigenvalue weighted by Gasteiger charge is 2.28. The summed E-state index contributed by atoms with van der Waals surface area (Å²) in [5.41, 5.74) is 4.46. The number of nitrogens with two attached hydrogens (primary N) is 1. The van der Waals surface area contributed by atoms with Crippen LogP contribution in [0.25, 0.3) is 0 Å². The van der Waals surface area contributed by atoms with Crippen LogP contribution in [0.3, 0.4) is 0 Å². The maximum Gasteiger partial charge on any atom is 0.328 e. The molecule has 212 valence electrons. The summed E-state index contributed by atoms with van der Waals surface area (Å²) in [6.45, 7) is 1.33. The third-order valence-electron chi connectivity index (χ3n) is 6.26. The number of fused-ring (bicyclic) bond motifs is 1. The van der Waals surface area contributed by atoms with Crippen LogP contribution in [0.2, 0.25) is 10.0 Å². The van der Waals surface area contributed by atoms with Gasteiger partial charge in [0.1, 0.15) is 11.8 Å². The van der Waals surface area contributed by atoms with Gasteiger partial charge in [0.2, 0.25) is 5.96 Å². The summed E-state index contributed by atoms with van der Waals surface area (Å²) >= 11 is 13.0. The van der Waals surface area contributed by atoms with Crippen LogP contribution in [0.1, 0.15) is 39.6 Å². The van der Waals surface area contributed by atoms with Crippen LogP contribution < -0.4 is 21.9 Å². The molecule has 2 aromatic rings. The minimum atomic E-state index is -1.40. The van der Waals surface area contributed by atoms with E-state index < -0.39 is 24.0 Å². The number of carboxylic acid groups (broad SMARTS) is 1. The van der Waals surface area contributed by atoms with E-state index in [0.717, 1.165) is 11.1 Å². The van der Waals surface area contributed by atoms with Gasteiger partial charge >= 0.3 is 5.97 Å². The van der Waals surface area contributed by atoms with Gasteiger partial charge in [0.25, 0.3) is 5.91 Å². The zero-order valence-corrected chi connectivity index (χ0v) is 22.5. The fourth-order valence-corrected chi connectivity index (χ4v) is 5.00. The molecule has 2 atom stereocenters. The number of aliphatic hydroxyl groups excluding tert-OH is 2. The maximum absolute atomic E-state index is 13.0. The normalized spacial score (nSPS) is 15.3. The molecule has 0 spiro atoms. The predicted molar refractivity (Wildman–Crippen MR) is 147 cm³/mol. The van der Waals surface area contributed by atoms with E-state index in [9.17, 15) is 24.9 Å². The van der Waals surface area contributed by atoms with Crippen molar-refractivity contribution in [1.82, 2.24) is 21.0 Å². The Kier molecular flexibility index (Phi) is 11.2. The number of hydrazine groups is 1. The monoisotopic (exact) mass is 582 g/mol. The fraction of sp³-hybridized carbons (Fsp3) is 0.400. The number of carboxylic acids is 1. The van der Waals surface area contributed by atoms with Crippen molar-refractivity contribution in [1.29, 1.82) is 0 Å². The standard InChI is InChI=1S/C25H32Cl2N6O6/c26-18-11-15-13-33(8-5-20(36)14-2-1-3-16(35)10-14)7-4-17(15)22(27)21(18)23(37)31-19(24(38)39)12-30-25(32-28)29-6-9-34/h1-3,10-11,19-20,34-36H,4-9,12-13,28H2,(H,31,37)(H,38,39)(H2,29,30,32)/t19-,20?/m0/s1. The molecule has 0 aliphatic carbocycles. The molecule has 1 heterocycles. The molecule has 3 rings (SSSR count). The number of guanidine groups is 1. The molecule has 0 aromatic heterocycles. The van der Waals surface area contributed by atoms with Gasteiger partial charge in [-0.05, 0) is 47.7 Å². The van der Waals surface area contributed by atoms with E-state index in [1.165, 1.54) is 6.07 Å². The molecule has 0 bridgehead atoms. The van der Waals surface area contributed by atoms with Crippen molar-refractivity contribution in [3.05, 3.63) is 62.6 Å². The molecule has 0 radical (unpaired) electrons. The minimum absolute atomic E-state index is 0.0179. The summed E-state index contributed by atoms with van der Waals surface area (Å²) < 4.78 is 0. The van der Waals surface area contributed by atoms with Gasteiger partial charge in [0.05, 0.1) is 34.9 Å². The second-order valence-corrected chi connectivity index (χ2v) is 9.74. The van der Waals surface area contributed by atoms with Crippen LogP contribution >= 0.6 is 23.2 Å². The second kappa shape index (κ2) is 14.3. The number of phenolic OH excluding ortho intramolecular Hbond substituents is 1. The average molecular weight is 583 g/mol. The van der Waals surface area contributed by atoms with Crippen molar-refractivity contribution in [3.8, 4) is 5.75 Å². The quantitative estimate of drug-likeness (QED) is 0.0811. The average Bonchev–Trinajstić information content (AvgIpc) is 2.90. The van der Waals surface area contributed by atoms with Gasteiger partial charge in [-0.25, -0.2) is 15.6 Å². The van der Waals surface area contributed by atoms with Crippen molar-refractivity contribution >= 4 is 41.0 Å². The molecule has 1 amide bonds. The second-order valence-electron chi connectivity index (χ2n) is 8.96.